The third kappa shape index (κ3) is 30.1. The summed E-state index contributed by atoms with van der Waals surface area (Å²) in [5, 5.41) is 0. The fraction of sp³-hybridized carbons (Fsp3) is 0.737. The molecule has 0 radical (unpaired) electrons. The van der Waals surface area contributed by atoms with E-state index < -0.39 is 30.3 Å². The third-order valence-electron chi connectivity index (χ3n) is 12.7. The average Bonchev–Trinajstić information content (AvgIpc) is 3.32. The number of hydrogen-bond acceptors (Lipinski definition) is 9. The van der Waals surface area contributed by atoms with Crippen LogP contribution in [0.25, 0.3) is 0 Å². The third-order valence-corrected chi connectivity index (χ3v) is 12.7. The van der Waals surface area contributed by atoms with E-state index in [9.17, 15) is 14.4 Å². The average molecular weight is 923 g/mol. The van der Waals surface area contributed by atoms with Gasteiger partial charge in [0.15, 0.2) is 0 Å². The Bertz CT molecular complexity index is 1360. The highest BCUT2D eigenvalue weighted by molar-refractivity contribution is 5.89. The lowest BCUT2D eigenvalue weighted by Crippen LogP contribution is -2.27. The number of ether oxygens (including phenoxy) is 2. The number of carbonyl (C=O) groups is 3. The van der Waals surface area contributed by atoms with Crippen molar-refractivity contribution in [2.24, 2.45) is 0 Å². The van der Waals surface area contributed by atoms with Gasteiger partial charge in [-0.2, -0.15) is 9.78 Å². The van der Waals surface area contributed by atoms with Crippen LogP contribution < -0.4 is 0 Å². The van der Waals surface area contributed by atoms with E-state index in [0.29, 0.717) is 35.8 Å². The number of carbonyl (C=O) groups excluding carboxylic acids is 3. The highest BCUT2D eigenvalue weighted by atomic mass is 17.2. The normalized spacial score (nSPS) is 12.4. The standard InChI is InChI=1S/C57H94O9/c1-7-9-11-13-15-17-19-21-23-25-27-29-31-33-35-53(63-65-55(58)51-41-37-49(38-42-51)47(3)4)45-61-57(60)62-46-54(64-66-56(59)52-43-39-50(40-44-52)48(5)6)36-34-32-30-28-26-24-22-20-18-16-14-12-10-8-2/h37-44,47-48,53-54H,7-36,45-46H2,1-6H3. The lowest BCUT2D eigenvalue weighted by Gasteiger charge is -2.18. The van der Waals surface area contributed by atoms with Gasteiger partial charge in [0.2, 0.25) is 0 Å². The molecule has 0 saturated heterocycles. The van der Waals surface area contributed by atoms with E-state index in [-0.39, 0.29) is 13.2 Å². The molecule has 0 fully saturated rings. The lowest BCUT2D eigenvalue weighted by molar-refractivity contribution is -0.285. The van der Waals surface area contributed by atoms with E-state index in [1.807, 2.05) is 24.3 Å². The molecule has 0 aliphatic rings. The lowest BCUT2D eigenvalue weighted by atomic mass is 10.0. The molecule has 66 heavy (non-hydrogen) atoms. The van der Waals surface area contributed by atoms with Crippen LogP contribution in [0.4, 0.5) is 4.79 Å². The summed E-state index contributed by atoms with van der Waals surface area (Å²) in [5.74, 6) is -0.530. The molecule has 0 bridgehead atoms. The molecule has 0 amide bonds. The molecule has 0 heterocycles. The summed E-state index contributed by atoms with van der Waals surface area (Å²) in [5.41, 5.74) is 3.01. The first-order valence-electron chi connectivity index (χ1n) is 26.9. The first-order chi connectivity index (χ1) is 32.1. The van der Waals surface area contributed by atoms with Crippen molar-refractivity contribution in [1.82, 2.24) is 0 Å². The molecular formula is C57H94O9. The van der Waals surface area contributed by atoms with Gasteiger partial charge in [0.1, 0.15) is 25.4 Å². The highest BCUT2D eigenvalue weighted by Crippen LogP contribution is 2.20. The van der Waals surface area contributed by atoms with Crippen molar-refractivity contribution in [2.45, 2.75) is 258 Å². The molecule has 2 unspecified atom stereocenters. The van der Waals surface area contributed by atoms with Gasteiger partial charge in [-0.05, 0) is 60.1 Å². The zero-order valence-corrected chi connectivity index (χ0v) is 42.7. The molecule has 9 heteroatoms. The number of hydrogen-bond donors (Lipinski definition) is 0. The van der Waals surface area contributed by atoms with Crippen LogP contribution in [0.3, 0.4) is 0 Å². The molecule has 2 rings (SSSR count). The molecule has 2 atom stereocenters. The van der Waals surface area contributed by atoms with Gasteiger partial charge in [0.25, 0.3) is 0 Å². The van der Waals surface area contributed by atoms with Gasteiger partial charge in [0, 0.05) is 0 Å². The molecule has 0 aliphatic heterocycles. The SMILES string of the molecule is CCCCCCCCCCCCCCCCC(COC(=O)OCC(CCCCCCCCCCCCCCCC)OOC(=O)c1ccc(C(C)C)cc1)OOC(=O)c1ccc(C(C)C)cc1. The van der Waals surface area contributed by atoms with Crippen LogP contribution in [0.2, 0.25) is 0 Å². The van der Waals surface area contributed by atoms with Crippen molar-refractivity contribution >= 4 is 18.1 Å². The summed E-state index contributed by atoms with van der Waals surface area (Å²) in [6, 6.07) is 14.6. The van der Waals surface area contributed by atoms with Gasteiger partial charge >= 0.3 is 18.1 Å². The minimum atomic E-state index is -0.898. The van der Waals surface area contributed by atoms with Crippen molar-refractivity contribution in [2.75, 3.05) is 13.2 Å². The molecule has 9 nitrogen and oxygen atoms in total. The Morgan fingerprint density at radius 3 is 0.894 bits per heavy atom. The van der Waals surface area contributed by atoms with Gasteiger partial charge < -0.3 is 9.47 Å². The van der Waals surface area contributed by atoms with Crippen molar-refractivity contribution in [3.05, 3.63) is 70.8 Å². The van der Waals surface area contributed by atoms with Crippen LogP contribution in [-0.4, -0.2) is 43.5 Å². The van der Waals surface area contributed by atoms with E-state index in [1.165, 1.54) is 141 Å². The molecule has 0 N–H and O–H groups in total. The number of rotatable bonds is 42. The molecule has 0 saturated carbocycles. The second-order valence-electron chi connectivity index (χ2n) is 19.4. The molecular weight excluding hydrogens is 829 g/mol. The number of benzene rings is 2. The summed E-state index contributed by atoms with van der Waals surface area (Å²) >= 11 is 0. The molecule has 2 aromatic rings. The maximum absolute atomic E-state index is 13.0. The quantitative estimate of drug-likeness (QED) is 0.0278. The second kappa shape index (κ2) is 39.6. The fourth-order valence-corrected chi connectivity index (χ4v) is 8.14. The Morgan fingerprint density at radius 1 is 0.379 bits per heavy atom. The Kier molecular flexibility index (Phi) is 35.2. The molecule has 2 aromatic carbocycles. The van der Waals surface area contributed by atoms with Crippen molar-refractivity contribution in [3.63, 3.8) is 0 Å². The summed E-state index contributed by atoms with van der Waals surface area (Å²) in [4.78, 5) is 60.6. The maximum atomic E-state index is 13.0. The summed E-state index contributed by atoms with van der Waals surface area (Å²) in [7, 11) is 0. The van der Waals surface area contributed by atoms with Crippen LogP contribution in [0.1, 0.15) is 278 Å². The predicted molar refractivity (Wildman–Crippen MR) is 269 cm³/mol. The fourth-order valence-electron chi connectivity index (χ4n) is 8.14. The zero-order chi connectivity index (χ0) is 47.9. The van der Waals surface area contributed by atoms with E-state index >= 15 is 0 Å². The van der Waals surface area contributed by atoms with Crippen LogP contribution in [0, 0.1) is 0 Å². The summed E-state index contributed by atoms with van der Waals surface area (Å²) < 4.78 is 11.0. The largest absolute Gasteiger partial charge is 0.508 e. The molecule has 0 aliphatic carbocycles. The summed E-state index contributed by atoms with van der Waals surface area (Å²) in [6.07, 6.45) is 33.7. The van der Waals surface area contributed by atoms with Crippen molar-refractivity contribution in [3.8, 4) is 0 Å². The van der Waals surface area contributed by atoms with Crippen LogP contribution in [-0.2, 0) is 29.0 Å². The summed E-state index contributed by atoms with van der Waals surface area (Å²) in [6.45, 7) is 12.6. The zero-order valence-electron chi connectivity index (χ0n) is 42.7. The highest BCUT2D eigenvalue weighted by Gasteiger charge is 2.21. The van der Waals surface area contributed by atoms with Crippen LogP contribution in [0.15, 0.2) is 48.5 Å². The first-order valence-corrected chi connectivity index (χ1v) is 26.9. The maximum Gasteiger partial charge on any atom is 0.508 e. The second-order valence-corrected chi connectivity index (χ2v) is 19.4. The smallest absolute Gasteiger partial charge is 0.431 e. The van der Waals surface area contributed by atoms with E-state index in [0.717, 1.165) is 49.7 Å². The predicted octanol–water partition coefficient (Wildman–Crippen LogP) is 17.4. The Hall–Kier alpha value is -3.43. The van der Waals surface area contributed by atoms with Crippen molar-refractivity contribution in [1.29, 1.82) is 0 Å². The topological polar surface area (TPSA) is 107 Å². The van der Waals surface area contributed by atoms with Gasteiger partial charge in [-0.15, -0.1) is 0 Å². The van der Waals surface area contributed by atoms with E-state index in [1.54, 1.807) is 24.3 Å². The van der Waals surface area contributed by atoms with Gasteiger partial charge in [-0.3, -0.25) is 9.78 Å². The molecule has 0 aromatic heterocycles. The minimum absolute atomic E-state index is 0.150. The monoisotopic (exact) mass is 923 g/mol. The molecule has 376 valence electrons. The minimum Gasteiger partial charge on any atom is -0.431 e. The van der Waals surface area contributed by atoms with Gasteiger partial charge in [-0.25, -0.2) is 14.4 Å². The molecule has 0 spiro atoms. The van der Waals surface area contributed by atoms with Crippen LogP contribution in [0.5, 0.6) is 0 Å². The van der Waals surface area contributed by atoms with Gasteiger partial charge in [-0.1, -0.05) is 246 Å². The van der Waals surface area contributed by atoms with Crippen molar-refractivity contribution < 1.29 is 43.4 Å². The number of unbranched alkanes of at least 4 members (excludes halogenated alkanes) is 26. The van der Waals surface area contributed by atoms with Crippen LogP contribution >= 0.6 is 0 Å². The van der Waals surface area contributed by atoms with E-state index in [2.05, 4.69) is 41.5 Å². The Labute approximate surface area is 402 Å². The Morgan fingerprint density at radius 2 is 0.636 bits per heavy atom. The first kappa shape index (κ1) is 58.7. The van der Waals surface area contributed by atoms with E-state index in [4.69, 9.17) is 29.0 Å². The Balaban J connectivity index is 1.86. The van der Waals surface area contributed by atoms with Gasteiger partial charge in [0.05, 0.1) is 11.1 Å².